The minimum atomic E-state index is 0.134. The number of aryl methyl sites for hydroxylation is 1. The Balaban J connectivity index is 1.59. The van der Waals surface area contributed by atoms with E-state index < -0.39 is 0 Å². The number of methoxy groups -OCH3 is 1. The van der Waals surface area contributed by atoms with Crippen molar-refractivity contribution in [2.45, 2.75) is 6.61 Å². The summed E-state index contributed by atoms with van der Waals surface area (Å²) >= 11 is 0. The molecule has 0 radical (unpaired) electrons. The summed E-state index contributed by atoms with van der Waals surface area (Å²) in [7, 11) is 3.53. The van der Waals surface area contributed by atoms with E-state index in [1.807, 2.05) is 85.9 Å². The quantitative estimate of drug-likeness (QED) is 0.432. The highest BCUT2D eigenvalue weighted by molar-refractivity contribution is 5.77. The predicted octanol–water partition coefficient (Wildman–Crippen LogP) is 5.55. The van der Waals surface area contributed by atoms with Crippen LogP contribution in [-0.2, 0) is 13.7 Å². The zero-order valence-electron chi connectivity index (χ0n) is 17.5. The Bertz CT molecular complexity index is 1180. The van der Waals surface area contributed by atoms with Crippen molar-refractivity contribution in [3.05, 3.63) is 95.7 Å². The fourth-order valence-corrected chi connectivity index (χ4v) is 3.29. The van der Waals surface area contributed by atoms with Gasteiger partial charge in [-0.2, -0.15) is 5.10 Å². The van der Waals surface area contributed by atoms with Gasteiger partial charge in [-0.15, -0.1) is 0 Å². The summed E-state index contributed by atoms with van der Waals surface area (Å²) < 4.78 is 13.0. The monoisotopic (exact) mass is 412 g/mol. The number of nitrogens with zero attached hydrogens (tertiary/aromatic N) is 2. The van der Waals surface area contributed by atoms with Crippen LogP contribution in [0.15, 0.2) is 78.9 Å². The molecular formula is C26H24N2O3. The summed E-state index contributed by atoms with van der Waals surface area (Å²) in [5, 5.41) is 15.1. The molecule has 1 N–H and O–H groups in total. The van der Waals surface area contributed by atoms with Crippen molar-refractivity contribution in [2.75, 3.05) is 7.11 Å². The Morgan fingerprint density at radius 1 is 0.935 bits per heavy atom. The topological polar surface area (TPSA) is 56.5 Å². The van der Waals surface area contributed by atoms with Gasteiger partial charge in [-0.05, 0) is 47.5 Å². The maximum atomic E-state index is 10.5. The SMILES string of the molecule is COc1ccc(/C=C/c2cc(-c3c(O)cccc3OCc3ccccc3)nn2C)cc1. The first-order valence-electron chi connectivity index (χ1n) is 9.99. The summed E-state index contributed by atoms with van der Waals surface area (Å²) in [6.07, 6.45) is 4.00. The lowest BCUT2D eigenvalue weighted by Gasteiger charge is -2.11. The summed E-state index contributed by atoms with van der Waals surface area (Å²) in [6, 6.07) is 25.0. The van der Waals surface area contributed by atoms with Gasteiger partial charge in [0.15, 0.2) is 0 Å². The highest BCUT2D eigenvalue weighted by Gasteiger charge is 2.16. The second-order valence-corrected chi connectivity index (χ2v) is 7.11. The van der Waals surface area contributed by atoms with Crippen LogP contribution in [0.5, 0.6) is 17.2 Å². The summed E-state index contributed by atoms with van der Waals surface area (Å²) in [6.45, 7) is 0.411. The van der Waals surface area contributed by atoms with Gasteiger partial charge in [0, 0.05) is 7.05 Å². The van der Waals surface area contributed by atoms with Crippen LogP contribution in [0.3, 0.4) is 0 Å². The third kappa shape index (κ3) is 4.78. The molecule has 0 fully saturated rings. The van der Waals surface area contributed by atoms with Crippen molar-refractivity contribution in [3.63, 3.8) is 0 Å². The van der Waals surface area contributed by atoms with Crippen LogP contribution in [0.2, 0.25) is 0 Å². The number of aromatic hydroxyl groups is 1. The number of phenols is 1. The van der Waals surface area contributed by atoms with Gasteiger partial charge in [-0.25, -0.2) is 0 Å². The third-order valence-electron chi connectivity index (χ3n) is 4.98. The van der Waals surface area contributed by atoms with Gasteiger partial charge < -0.3 is 14.6 Å². The van der Waals surface area contributed by atoms with Crippen LogP contribution in [0, 0.1) is 0 Å². The lowest BCUT2D eigenvalue weighted by Crippen LogP contribution is -1.98. The summed E-state index contributed by atoms with van der Waals surface area (Å²) in [5.41, 5.74) is 4.25. The summed E-state index contributed by atoms with van der Waals surface area (Å²) in [4.78, 5) is 0. The molecule has 0 atom stereocenters. The molecule has 0 saturated carbocycles. The first-order chi connectivity index (χ1) is 15.1. The molecule has 0 saturated heterocycles. The number of aromatic nitrogens is 2. The maximum Gasteiger partial charge on any atom is 0.133 e. The van der Waals surface area contributed by atoms with Gasteiger partial charge in [0.1, 0.15) is 29.5 Å². The molecule has 0 amide bonds. The first-order valence-corrected chi connectivity index (χ1v) is 9.99. The average Bonchev–Trinajstić information content (AvgIpc) is 3.17. The number of benzene rings is 3. The van der Waals surface area contributed by atoms with E-state index in [0.29, 0.717) is 23.6 Å². The number of ether oxygens (including phenoxy) is 2. The summed E-state index contributed by atoms with van der Waals surface area (Å²) in [5.74, 6) is 1.55. The number of hydrogen-bond acceptors (Lipinski definition) is 4. The zero-order chi connectivity index (χ0) is 21.6. The maximum absolute atomic E-state index is 10.5. The van der Waals surface area contributed by atoms with Crippen LogP contribution < -0.4 is 9.47 Å². The van der Waals surface area contributed by atoms with E-state index in [1.165, 1.54) is 0 Å². The van der Waals surface area contributed by atoms with Gasteiger partial charge in [-0.3, -0.25) is 4.68 Å². The van der Waals surface area contributed by atoms with E-state index in [4.69, 9.17) is 9.47 Å². The number of phenolic OH excluding ortho intramolecular Hbond substituents is 1. The van der Waals surface area contributed by atoms with E-state index in [0.717, 1.165) is 22.6 Å². The van der Waals surface area contributed by atoms with Gasteiger partial charge in [0.05, 0.1) is 18.4 Å². The Morgan fingerprint density at radius 2 is 1.71 bits per heavy atom. The molecule has 1 heterocycles. The standard InChI is InChI=1S/C26H24N2O3/c1-28-21(14-11-19-12-15-22(30-2)16-13-19)17-23(27-28)26-24(29)9-6-10-25(26)31-18-20-7-4-3-5-8-20/h3-17,29H,18H2,1-2H3/b14-11+. The lowest BCUT2D eigenvalue weighted by atomic mass is 10.1. The van der Waals surface area contributed by atoms with Crippen molar-refractivity contribution in [1.29, 1.82) is 0 Å². The molecule has 0 bridgehead atoms. The molecule has 156 valence electrons. The molecule has 4 rings (SSSR count). The van der Waals surface area contributed by atoms with Gasteiger partial charge in [-0.1, -0.05) is 54.6 Å². The van der Waals surface area contributed by atoms with Crippen LogP contribution >= 0.6 is 0 Å². The van der Waals surface area contributed by atoms with Crippen LogP contribution in [0.25, 0.3) is 23.4 Å². The van der Waals surface area contributed by atoms with Gasteiger partial charge in [0.25, 0.3) is 0 Å². The number of hydrogen-bond donors (Lipinski definition) is 1. The van der Waals surface area contributed by atoms with Crippen molar-refractivity contribution in [2.24, 2.45) is 7.05 Å². The Morgan fingerprint density at radius 3 is 2.45 bits per heavy atom. The van der Waals surface area contributed by atoms with E-state index >= 15 is 0 Å². The molecular weight excluding hydrogens is 388 g/mol. The van der Waals surface area contributed by atoms with Crippen molar-refractivity contribution in [3.8, 4) is 28.5 Å². The molecule has 0 aliphatic carbocycles. The fraction of sp³-hybridized carbons (Fsp3) is 0.115. The van der Waals surface area contributed by atoms with E-state index in [1.54, 1.807) is 23.9 Å². The molecule has 31 heavy (non-hydrogen) atoms. The van der Waals surface area contributed by atoms with Crippen LogP contribution in [0.1, 0.15) is 16.8 Å². The molecule has 5 nitrogen and oxygen atoms in total. The Labute approximate surface area is 181 Å². The van der Waals surface area contributed by atoms with Crippen molar-refractivity contribution < 1.29 is 14.6 Å². The number of rotatable bonds is 7. The van der Waals surface area contributed by atoms with E-state index in [2.05, 4.69) is 5.10 Å². The second kappa shape index (κ2) is 9.22. The van der Waals surface area contributed by atoms with Gasteiger partial charge in [0.2, 0.25) is 0 Å². The minimum absolute atomic E-state index is 0.134. The molecule has 0 aliphatic heterocycles. The molecule has 4 aromatic rings. The smallest absolute Gasteiger partial charge is 0.133 e. The van der Waals surface area contributed by atoms with Crippen LogP contribution in [-0.4, -0.2) is 22.0 Å². The lowest BCUT2D eigenvalue weighted by molar-refractivity contribution is 0.306. The molecule has 0 unspecified atom stereocenters. The second-order valence-electron chi connectivity index (χ2n) is 7.11. The minimum Gasteiger partial charge on any atom is -0.507 e. The highest BCUT2D eigenvalue weighted by Crippen LogP contribution is 2.37. The van der Waals surface area contributed by atoms with Crippen LogP contribution in [0.4, 0.5) is 0 Å². The van der Waals surface area contributed by atoms with E-state index in [-0.39, 0.29) is 5.75 Å². The van der Waals surface area contributed by atoms with Crippen molar-refractivity contribution >= 4 is 12.2 Å². The normalized spacial score (nSPS) is 11.0. The fourth-order valence-electron chi connectivity index (χ4n) is 3.29. The Hall–Kier alpha value is -3.99. The molecule has 5 heteroatoms. The Kier molecular flexibility index (Phi) is 6.03. The van der Waals surface area contributed by atoms with E-state index in [9.17, 15) is 5.11 Å². The first kappa shape index (κ1) is 20.3. The predicted molar refractivity (Wildman–Crippen MR) is 123 cm³/mol. The third-order valence-corrected chi connectivity index (χ3v) is 4.98. The van der Waals surface area contributed by atoms with Crippen molar-refractivity contribution in [1.82, 2.24) is 9.78 Å². The van der Waals surface area contributed by atoms with Gasteiger partial charge >= 0.3 is 0 Å². The highest BCUT2D eigenvalue weighted by atomic mass is 16.5. The average molecular weight is 412 g/mol. The largest absolute Gasteiger partial charge is 0.507 e. The molecule has 1 aromatic heterocycles. The molecule has 0 spiro atoms. The molecule has 3 aromatic carbocycles. The zero-order valence-corrected chi connectivity index (χ0v) is 17.5. The molecule has 0 aliphatic rings.